The van der Waals surface area contributed by atoms with E-state index in [0.29, 0.717) is 12.2 Å². The Morgan fingerprint density at radius 3 is 2.43 bits per heavy atom. The first-order valence-electron chi connectivity index (χ1n) is 5.95. The highest BCUT2D eigenvalue weighted by Gasteiger charge is 2.42. The molecule has 2 saturated heterocycles. The molecule has 2 rings (SSSR count). The van der Waals surface area contributed by atoms with Gasteiger partial charge in [-0.2, -0.15) is 0 Å². The first kappa shape index (κ1) is 10.4. The first-order valence-corrected chi connectivity index (χ1v) is 5.95. The standard InChI is InChI=1S/C12H22O2/c1-9-7-11(3)14-12(8-9)6-4-5-10(2)13-12/h9-11H,4-8H2,1-3H3/t9-,10-,11-,12+/m0/s1. The van der Waals surface area contributed by atoms with Crippen LogP contribution >= 0.6 is 0 Å². The summed E-state index contributed by atoms with van der Waals surface area (Å²) in [6, 6.07) is 0. The lowest BCUT2D eigenvalue weighted by atomic mass is 9.87. The van der Waals surface area contributed by atoms with Gasteiger partial charge in [0.05, 0.1) is 12.2 Å². The topological polar surface area (TPSA) is 18.5 Å². The largest absolute Gasteiger partial charge is 0.347 e. The molecule has 0 aromatic carbocycles. The Kier molecular flexibility index (Phi) is 2.85. The zero-order valence-electron chi connectivity index (χ0n) is 9.58. The third-order valence-corrected chi connectivity index (χ3v) is 3.39. The van der Waals surface area contributed by atoms with Crippen molar-refractivity contribution in [1.82, 2.24) is 0 Å². The van der Waals surface area contributed by atoms with Crippen molar-refractivity contribution < 1.29 is 9.47 Å². The van der Waals surface area contributed by atoms with Gasteiger partial charge in [0.2, 0.25) is 0 Å². The molecule has 1 spiro atoms. The lowest BCUT2D eigenvalue weighted by molar-refractivity contribution is -0.316. The molecular weight excluding hydrogens is 176 g/mol. The minimum atomic E-state index is -0.227. The van der Waals surface area contributed by atoms with Gasteiger partial charge < -0.3 is 9.47 Å². The van der Waals surface area contributed by atoms with Gasteiger partial charge in [0, 0.05) is 12.8 Å². The maximum atomic E-state index is 6.03. The lowest BCUT2D eigenvalue weighted by Gasteiger charge is -2.46. The van der Waals surface area contributed by atoms with Crippen molar-refractivity contribution in [2.45, 2.75) is 70.9 Å². The summed E-state index contributed by atoms with van der Waals surface area (Å²) in [5.41, 5.74) is 0. The molecule has 0 unspecified atom stereocenters. The highest BCUT2D eigenvalue weighted by molar-refractivity contribution is 4.84. The van der Waals surface area contributed by atoms with E-state index in [-0.39, 0.29) is 5.79 Å². The molecule has 2 aliphatic rings. The lowest BCUT2D eigenvalue weighted by Crippen LogP contribution is -2.48. The van der Waals surface area contributed by atoms with Gasteiger partial charge in [-0.1, -0.05) is 6.92 Å². The Morgan fingerprint density at radius 2 is 1.79 bits per heavy atom. The molecule has 2 heterocycles. The van der Waals surface area contributed by atoms with Gasteiger partial charge in [-0.15, -0.1) is 0 Å². The van der Waals surface area contributed by atoms with Gasteiger partial charge in [0.25, 0.3) is 0 Å². The van der Waals surface area contributed by atoms with Gasteiger partial charge in [0.1, 0.15) is 0 Å². The minimum absolute atomic E-state index is 0.227. The molecule has 2 aliphatic heterocycles. The number of hydrogen-bond donors (Lipinski definition) is 0. The highest BCUT2D eigenvalue weighted by Crippen LogP contribution is 2.40. The molecule has 2 heteroatoms. The Morgan fingerprint density at radius 1 is 1.07 bits per heavy atom. The summed E-state index contributed by atoms with van der Waals surface area (Å²) in [5, 5.41) is 0. The fraction of sp³-hybridized carbons (Fsp3) is 1.00. The van der Waals surface area contributed by atoms with E-state index in [1.807, 2.05) is 0 Å². The Balaban J connectivity index is 2.05. The van der Waals surface area contributed by atoms with E-state index in [4.69, 9.17) is 9.47 Å². The molecule has 0 aromatic rings. The van der Waals surface area contributed by atoms with E-state index < -0.39 is 0 Å². The van der Waals surface area contributed by atoms with E-state index in [9.17, 15) is 0 Å². The van der Waals surface area contributed by atoms with E-state index in [0.717, 1.165) is 18.8 Å². The van der Waals surface area contributed by atoms with Crippen LogP contribution in [0, 0.1) is 5.92 Å². The second kappa shape index (κ2) is 3.82. The van der Waals surface area contributed by atoms with Crippen molar-refractivity contribution in [3.8, 4) is 0 Å². The molecule has 0 aliphatic carbocycles. The van der Waals surface area contributed by atoms with Crippen LogP contribution in [-0.4, -0.2) is 18.0 Å². The fourth-order valence-corrected chi connectivity index (χ4v) is 3.02. The van der Waals surface area contributed by atoms with Gasteiger partial charge in [0.15, 0.2) is 5.79 Å². The Hall–Kier alpha value is -0.0800. The van der Waals surface area contributed by atoms with Crippen LogP contribution in [0.25, 0.3) is 0 Å². The highest BCUT2D eigenvalue weighted by atomic mass is 16.7. The number of rotatable bonds is 0. The molecular formula is C12H22O2. The smallest absolute Gasteiger partial charge is 0.169 e. The van der Waals surface area contributed by atoms with Gasteiger partial charge >= 0.3 is 0 Å². The SMILES string of the molecule is C[C@H]1C[C@H](C)O[C@]2(CCC[C@H](C)O2)C1. The van der Waals surface area contributed by atoms with E-state index in [1.165, 1.54) is 19.3 Å². The second-order valence-corrected chi connectivity index (χ2v) is 5.20. The van der Waals surface area contributed by atoms with Crippen molar-refractivity contribution >= 4 is 0 Å². The Labute approximate surface area is 87.0 Å². The molecule has 0 bridgehead atoms. The van der Waals surface area contributed by atoms with Crippen molar-refractivity contribution in [3.63, 3.8) is 0 Å². The van der Waals surface area contributed by atoms with E-state index >= 15 is 0 Å². The fourth-order valence-electron chi connectivity index (χ4n) is 3.02. The van der Waals surface area contributed by atoms with Crippen molar-refractivity contribution in [2.75, 3.05) is 0 Å². The van der Waals surface area contributed by atoms with E-state index in [2.05, 4.69) is 20.8 Å². The predicted octanol–water partition coefficient (Wildman–Crippen LogP) is 3.11. The summed E-state index contributed by atoms with van der Waals surface area (Å²) < 4.78 is 12.1. The molecule has 14 heavy (non-hydrogen) atoms. The average Bonchev–Trinajstić information content (AvgIpc) is 1.99. The molecule has 82 valence electrons. The maximum Gasteiger partial charge on any atom is 0.169 e. The summed E-state index contributed by atoms with van der Waals surface area (Å²) in [4.78, 5) is 0. The van der Waals surface area contributed by atoms with Gasteiger partial charge in [-0.05, 0) is 39.0 Å². The normalized spacial score (nSPS) is 49.5. The zero-order chi connectivity index (χ0) is 10.2. The molecule has 2 nitrogen and oxygen atoms in total. The minimum Gasteiger partial charge on any atom is -0.347 e. The summed E-state index contributed by atoms with van der Waals surface area (Å²) in [6.45, 7) is 6.64. The molecule has 0 saturated carbocycles. The predicted molar refractivity (Wildman–Crippen MR) is 56.1 cm³/mol. The van der Waals surface area contributed by atoms with Crippen molar-refractivity contribution in [3.05, 3.63) is 0 Å². The molecule has 0 N–H and O–H groups in total. The van der Waals surface area contributed by atoms with Crippen LogP contribution in [0.5, 0.6) is 0 Å². The first-order chi connectivity index (χ1) is 6.60. The van der Waals surface area contributed by atoms with Crippen LogP contribution in [-0.2, 0) is 9.47 Å². The third kappa shape index (κ3) is 2.12. The summed E-state index contributed by atoms with van der Waals surface area (Å²) in [6.07, 6.45) is 6.53. The molecule has 0 aromatic heterocycles. The molecule has 4 atom stereocenters. The molecule has 0 amide bonds. The monoisotopic (exact) mass is 198 g/mol. The maximum absolute atomic E-state index is 6.03. The average molecular weight is 198 g/mol. The summed E-state index contributed by atoms with van der Waals surface area (Å²) in [7, 11) is 0. The second-order valence-electron chi connectivity index (χ2n) is 5.20. The summed E-state index contributed by atoms with van der Waals surface area (Å²) in [5.74, 6) is 0.512. The number of hydrogen-bond acceptors (Lipinski definition) is 2. The van der Waals surface area contributed by atoms with Crippen LogP contribution in [0.15, 0.2) is 0 Å². The van der Waals surface area contributed by atoms with Crippen molar-refractivity contribution in [2.24, 2.45) is 5.92 Å². The van der Waals surface area contributed by atoms with Crippen LogP contribution < -0.4 is 0 Å². The van der Waals surface area contributed by atoms with Gasteiger partial charge in [-0.25, -0.2) is 0 Å². The quantitative estimate of drug-likeness (QED) is 0.595. The number of ether oxygens (including phenoxy) is 2. The molecule has 2 fully saturated rings. The summed E-state index contributed by atoms with van der Waals surface area (Å²) >= 11 is 0. The van der Waals surface area contributed by atoms with Crippen LogP contribution in [0.4, 0.5) is 0 Å². The Bertz CT molecular complexity index is 187. The third-order valence-electron chi connectivity index (χ3n) is 3.39. The van der Waals surface area contributed by atoms with Gasteiger partial charge in [-0.3, -0.25) is 0 Å². The van der Waals surface area contributed by atoms with Crippen molar-refractivity contribution in [1.29, 1.82) is 0 Å². The van der Waals surface area contributed by atoms with Crippen LogP contribution in [0.3, 0.4) is 0 Å². The zero-order valence-corrected chi connectivity index (χ0v) is 9.58. The van der Waals surface area contributed by atoms with Crippen LogP contribution in [0.2, 0.25) is 0 Å². The molecule has 0 radical (unpaired) electrons. The van der Waals surface area contributed by atoms with E-state index in [1.54, 1.807) is 0 Å². The van der Waals surface area contributed by atoms with Crippen LogP contribution in [0.1, 0.15) is 52.9 Å².